The van der Waals surface area contributed by atoms with Gasteiger partial charge in [-0.05, 0) is 60.2 Å². The molecule has 0 saturated carbocycles. The first kappa shape index (κ1) is 47.3. The number of rotatable bonds is 9. The second-order valence-corrected chi connectivity index (χ2v) is 21.7. The topological polar surface area (TPSA) is 0 Å². The fourth-order valence-electron chi connectivity index (χ4n) is 6.93. The third-order valence-corrected chi connectivity index (χ3v) is 18.5. The Morgan fingerprint density at radius 1 is 0.344 bits per heavy atom. The van der Waals surface area contributed by atoms with E-state index in [9.17, 15) is 0 Å². The van der Waals surface area contributed by atoms with E-state index in [0.29, 0.717) is 0 Å². The van der Waals surface area contributed by atoms with Gasteiger partial charge in [-0.2, -0.15) is 0 Å². The van der Waals surface area contributed by atoms with E-state index in [4.69, 9.17) is 0 Å². The molecule has 0 aromatic heterocycles. The molecule has 0 nitrogen and oxygen atoms in total. The van der Waals surface area contributed by atoms with Gasteiger partial charge in [0, 0.05) is 20.4 Å². The summed E-state index contributed by atoms with van der Waals surface area (Å²) in [6.45, 7) is 0. The van der Waals surface area contributed by atoms with E-state index in [1.54, 1.807) is 54.6 Å². The van der Waals surface area contributed by atoms with Crippen molar-refractivity contribution in [1.29, 1.82) is 0 Å². The molecule has 0 bridgehead atoms. The molecule has 307 valence electrons. The quantitative estimate of drug-likeness (QED) is 0.0998. The van der Waals surface area contributed by atoms with Crippen molar-refractivity contribution in [1.82, 2.24) is 0 Å². The smallest absolute Gasteiger partial charge is 0.0622 e. The minimum atomic E-state index is -5.43. The van der Waals surface area contributed by atoms with Crippen LogP contribution >= 0.6 is 40.0 Å². The first-order valence-corrected chi connectivity index (χ1v) is 24.4. The molecule has 0 atom stereocenters. The van der Waals surface area contributed by atoms with E-state index in [1.807, 2.05) is 0 Å². The molecule has 0 unspecified atom stereocenters. The average Bonchev–Trinajstić information content (AvgIpc) is 3.33. The Labute approximate surface area is 386 Å². The molecule has 0 aliphatic heterocycles. The standard InChI is InChI=1S/C18H14F2P.2C18H15P.BrH.Pd/c19-21(20,16-10-4-1-5-11-16,17-12-6-2-7-13-17)18-14-8-3-9-15-18;2*1-4-10-16(11-5-1)19(17-12-6-2-7-13-17)18-14-8-3-9-15-18;;/h1-14H;2*1-15H;1H;/p+1. The zero-order chi connectivity index (χ0) is 40.6. The van der Waals surface area contributed by atoms with Gasteiger partial charge in [-0.1, -0.05) is 146 Å². The van der Waals surface area contributed by atoms with Gasteiger partial charge < -0.3 is 0 Å². The summed E-state index contributed by atoms with van der Waals surface area (Å²) in [6.07, 6.45) is 0. The van der Waals surface area contributed by atoms with Gasteiger partial charge in [0.1, 0.15) is 15.9 Å². The van der Waals surface area contributed by atoms with Crippen LogP contribution in [0, 0.1) is 6.07 Å². The van der Waals surface area contributed by atoms with Crippen LogP contribution in [0.1, 0.15) is 0 Å². The summed E-state index contributed by atoms with van der Waals surface area (Å²) in [5.41, 5.74) is 0. The molecule has 0 heterocycles. The van der Waals surface area contributed by atoms with Crippen molar-refractivity contribution in [3.8, 4) is 0 Å². The van der Waals surface area contributed by atoms with Crippen LogP contribution in [-0.4, -0.2) is 0 Å². The summed E-state index contributed by atoms with van der Waals surface area (Å²) in [5, 5.41) is 8.61. The number of hydrogen-bond donors (Lipinski definition) is 0. The maximum absolute atomic E-state index is 16.1. The number of hydrogen-bond acceptors (Lipinski definition) is 0. The maximum Gasteiger partial charge on any atom is 0.102 e. The van der Waals surface area contributed by atoms with Gasteiger partial charge in [-0.25, -0.2) is 0 Å². The van der Waals surface area contributed by atoms with Crippen molar-refractivity contribution in [2.75, 3.05) is 0 Å². The van der Waals surface area contributed by atoms with E-state index in [2.05, 4.69) is 188 Å². The molecule has 9 aromatic rings. The zero-order valence-electron chi connectivity index (χ0n) is 33.3. The second kappa shape index (κ2) is 23.5. The molecule has 1 radical (unpaired) electrons. The first-order valence-electron chi connectivity index (χ1n) is 19.5. The Morgan fingerprint density at radius 2 is 0.607 bits per heavy atom. The summed E-state index contributed by atoms with van der Waals surface area (Å²) in [5.74, 6) is 0. The van der Waals surface area contributed by atoms with Crippen molar-refractivity contribution in [3.63, 3.8) is 0 Å². The van der Waals surface area contributed by atoms with Gasteiger partial charge in [-0.3, -0.25) is 0 Å². The van der Waals surface area contributed by atoms with Crippen molar-refractivity contribution in [2.45, 2.75) is 0 Å². The average molecular weight is 1010 g/mol. The Kier molecular flexibility index (Phi) is 18.2. The minimum Gasteiger partial charge on any atom is -0.0622 e. The molecule has 9 aromatic carbocycles. The van der Waals surface area contributed by atoms with Crippen LogP contribution < -0.4 is 47.7 Å². The van der Waals surface area contributed by atoms with Gasteiger partial charge in [0.05, 0.1) is 7.92 Å². The van der Waals surface area contributed by atoms with Gasteiger partial charge >= 0.3 is 123 Å². The Bertz CT molecular complexity index is 2150. The van der Waals surface area contributed by atoms with Crippen molar-refractivity contribution in [2.24, 2.45) is 0 Å². The monoisotopic (exact) mass is 1010 g/mol. The van der Waals surface area contributed by atoms with Crippen LogP contribution in [0.2, 0.25) is 0 Å². The molecular weight excluding hydrogens is 966 g/mol. The minimum absolute atomic E-state index is 0. The van der Waals surface area contributed by atoms with Gasteiger partial charge in [0.2, 0.25) is 0 Å². The van der Waals surface area contributed by atoms with E-state index in [0.717, 1.165) is 0 Å². The first-order chi connectivity index (χ1) is 29.0. The molecule has 0 aliphatic carbocycles. The summed E-state index contributed by atoms with van der Waals surface area (Å²) < 4.78 is 32.2. The summed E-state index contributed by atoms with van der Waals surface area (Å²) in [4.78, 5) is 0. The predicted octanol–water partition coefficient (Wildman–Crippen LogP) is 11.3. The van der Waals surface area contributed by atoms with E-state index in [1.165, 1.54) is 62.2 Å². The van der Waals surface area contributed by atoms with Crippen LogP contribution in [0.25, 0.3) is 0 Å². The third-order valence-electron chi connectivity index (χ3n) is 9.77. The Balaban J connectivity index is 0.000000171. The normalized spacial score (nSPS) is 11.2. The van der Waals surface area contributed by atoms with Gasteiger partial charge in [-0.15, -0.1) is 17.0 Å². The predicted molar refractivity (Wildman–Crippen MR) is 268 cm³/mol. The van der Waals surface area contributed by atoms with Crippen molar-refractivity contribution in [3.05, 3.63) is 273 Å². The molecule has 61 heavy (non-hydrogen) atoms. The summed E-state index contributed by atoms with van der Waals surface area (Å²) >= 11 is 0. The van der Waals surface area contributed by atoms with Crippen LogP contribution in [-0.2, 0) is 20.4 Å². The van der Waals surface area contributed by atoms with E-state index in [-0.39, 0.29) is 53.3 Å². The molecule has 0 fully saturated rings. The second-order valence-electron chi connectivity index (χ2n) is 13.6. The fraction of sp³-hybridized carbons (Fsp3) is 0. The molecule has 7 heteroatoms. The molecule has 0 N–H and O–H groups in total. The molecule has 0 aliphatic rings. The van der Waals surface area contributed by atoms with Crippen LogP contribution in [0.3, 0.4) is 0 Å². The molecule has 0 amide bonds. The van der Waals surface area contributed by atoms with Gasteiger partial charge in [0.15, 0.2) is 0 Å². The van der Waals surface area contributed by atoms with Crippen molar-refractivity contribution < 1.29 is 28.8 Å². The molecular formula is C54H46BrF2P3Pd+. The summed E-state index contributed by atoms with van der Waals surface area (Å²) in [7, 11) is -6.75. The summed E-state index contributed by atoms with van der Waals surface area (Å²) in [6, 6.07) is 90.1. The van der Waals surface area contributed by atoms with Crippen molar-refractivity contribution >= 4 is 87.8 Å². The molecule has 0 spiro atoms. The zero-order valence-corrected chi connectivity index (χ0v) is 39.3. The third kappa shape index (κ3) is 11.8. The van der Waals surface area contributed by atoms with Gasteiger partial charge in [0.25, 0.3) is 0 Å². The largest absolute Gasteiger partial charge is 0.102 e. The fourth-order valence-corrected chi connectivity index (χ4v) is 14.7. The van der Waals surface area contributed by atoms with Crippen LogP contribution in [0.4, 0.5) is 8.39 Å². The van der Waals surface area contributed by atoms with E-state index >= 15 is 8.39 Å². The van der Waals surface area contributed by atoms with E-state index < -0.39 is 23.1 Å². The maximum atomic E-state index is 16.1. The number of halogens is 3. The Hall–Kier alpha value is -4.73. The van der Waals surface area contributed by atoms with Crippen LogP contribution in [0.5, 0.6) is 0 Å². The Morgan fingerprint density at radius 3 is 0.885 bits per heavy atom. The SMILES string of the molecule is Br.FP(F)(c1[c]cccc1)(c1ccccc1)c1ccccc1.[Pd].c1ccc(P(c2ccccc2)c2ccccc2)cc1.c1ccc([PH+](c2ccccc2)c2ccccc2)cc1. The van der Waals surface area contributed by atoms with Crippen LogP contribution in [0.15, 0.2) is 267 Å². The number of benzene rings is 9. The molecule has 9 rings (SSSR count). The molecule has 0 saturated heterocycles.